The van der Waals surface area contributed by atoms with E-state index in [0.29, 0.717) is 21.7 Å². The first kappa shape index (κ1) is 18.5. The monoisotopic (exact) mass is 415 g/mol. The van der Waals surface area contributed by atoms with Crippen LogP contribution in [-0.2, 0) is 9.84 Å². The van der Waals surface area contributed by atoms with Crippen molar-refractivity contribution in [3.8, 4) is 0 Å². The normalized spacial score (nSPS) is 17.7. The molecule has 6 nitrogen and oxygen atoms in total. The molecule has 0 aliphatic carbocycles. The Labute approximate surface area is 165 Å². The van der Waals surface area contributed by atoms with Gasteiger partial charge in [-0.25, -0.2) is 13.2 Å². The number of rotatable bonds is 3. The maximum atomic E-state index is 13.3. The fourth-order valence-corrected chi connectivity index (χ4v) is 4.52. The van der Waals surface area contributed by atoms with Gasteiger partial charge in [0.15, 0.2) is 9.84 Å². The van der Waals surface area contributed by atoms with E-state index in [4.69, 9.17) is 16.0 Å². The summed E-state index contributed by atoms with van der Waals surface area (Å²) in [7, 11) is -3.42. The quantitative estimate of drug-likeness (QED) is 0.612. The van der Waals surface area contributed by atoms with E-state index >= 15 is 0 Å². The molecular weight excluding hydrogens is 402 g/mol. The van der Waals surface area contributed by atoms with Crippen molar-refractivity contribution in [3.63, 3.8) is 0 Å². The zero-order valence-electron chi connectivity index (χ0n) is 14.4. The van der Waals surface area contributed by atoms with Crippen molar-refractivity contribution in [1.82, 2.24) is 0 Å². The van der Waals surface area contributed by atoms with E-state index < -0.39 is 27.4 Å². The van der Waals surface area contributed by atoms with Crippen LogP contribution in [0, 0.1) is 0 Å². The van der Waals surface area contributed by atoms with Crippen LogP contribution in [0.1, 0.15) is 10.4 Å². The maximum Gasteiger partial charge on any atom is 0.349 e. The summed E-state index contributed by atoms with van der Waals surface area (Å²) >= 11 is 5.93. The molecule has 1 amide bonds. The Balaban J connectivity index is 1.83. The minimum absolute atomic E-state index is 0.175. The van der Waals surface area contributed by atoms with Gasteiger partial charge in [-0.1, -0.05) is 29.8 Å². The number of hydrogen-bond donors (Lipinski definition) is 0. The number of benzene rings is 2. The lowest BCUT2D eigenvalue weighted by Crippen LogP contribution is -2.42. The summed E-state index contributed by atoms with van der Waals surface area (Å²) in [6.45, 7) is 0. The Morgan fingerprint density at radius 1 is 1.11 bits per heavy atom. The average Bonchev–Trinajstić information content (AvgIpc) is 3.02. The Morgan fingerprint density at radius 2 is 1.82 bits per heavy atom. The highest BCUT2D eigenvalue weighted by Crippen LogP contribution is 2.26. The maximum absolute atomic E-state index is 13.3. The smallest absolute Gasteiger partial charge is 0.349 e. The van der Waals surface area contributed by atoms with Gasteiger partial charge in [-0.05, 0) is 42.5 Å². The largest absolute Gasteiger partial charge is 0.422 e. The van der Waals surface area contributed by atoms with Gasteiger partial charge in [0, 0.05) is 21.5 Å². The third kappa shape index (κ3) is 3.46. The predicted molar refractivity (Wildman–Crippen MR) is 107 cm³/mol. The third-order valence-electron chi connectivity index (χ3n) is 4.44. The summed E-state index contributed by atoms with van der Waals surface area (Å²) in [5.41, 5.74) is -0.169. The Kier molecular flexibility index (Phi) is 4.56. The molecule has 2 heterocycles. The minimum Gasteiger partial charge on any atom is -0.422 e. The van der Waals surface area contributed by atoms with Gasteiger partial charge in [-0.2, -0.15) is 0 Å². The minimum atomic E-state index is -3.42. The fraction of sp³-hybridized carbons (Fsp3) is 0.100. The number of carbonyl (C=O) groups excluding carboxylic acids is 1. The van der Waals surface area contributed by atoms with Crippen molar-refractivity contribution in [2.45, 2.75) is 6.04 Å². The molecule has 0 spiro atoms. The van der Waals surface area contributed by atoms with Crippen LogP contribution in [0.5, 0.6) is 0 Å². The lowest BCUT2D eigenvalue weighted by atomic mass is 10.1. The summed E-state index contributed by atoms with van der Waals surface area (Å²) in [5.74, 6) is -0.908. The molecule has 1 atom stereocenters. The van der Waals surface area contributed by atoms with E-state index in [2.05, 4.69) is 0 Å². The highest BCUT2D eigenvalue weighted by atomic mass is 35.5. The molecule has 28 heavy (non-hydrogen) atoms. The Hall–Kier alpha value is -2.90. The number of para-hydroxylation sites is 1. The van der Waals surface area contributed by atoms with Gasteiger partial charge in [0.25, 0.3) is 5.91 Å². The molecule has 1 unspecified atom stereocenters. The lowest BCUT2D eigenvalue weighted by Gasteiger charge is -2.27. The van der Waals surface area contributed by atoms with Gasteiger partial charge in [-0.3, -0.25) is 4.79 Å². The molecule has 0 N–H and O–H groups in total. The van der Waals surface area contributed by atoms with Crippen LogP contribution in [0.15, 0.2) is 75.3 Å². The molecule has 1 aliphatic heterocycles. The Bertz CT molecular complexity index is 1260. The molecule has 1 aliphatic rings. The molecule has 3 aromatic rings. The number of halogens is 1. The molecule has 0 saturated carbocycles. The van der Waals surface area contributed by atoms with Crippen molar-refractivity contribution < 1.29 is 17.6 Å². The summed E-state index contributed by atoms with van der Waals surface area (Å²) in [6.07, 6.45) is 1.44. The number of sulfone groups is 1. The van der Waals surface area contributed by atoms with Crippen LogP contribution in [0.4, 0.5) is 5.69 Å². The molecule has 8 heteroatoms. The highest BCUT2D eigenvalue weighted by Gasteiger charge is 2.33. The molecular formula is C20H14ClNO5S. The van der Waals surface area contributed by atoms with Crippen LogP contribution in [0.3, 0.4) is 0 Å². The lowest BCUT2D eigenvalue weighted by molar-refractivity contribution is 0.0979. The van der Waals surface area contributed by atoms with Crippen LogP contribution in [-0.4, -0.2) is 26.1 Å². The summed E-state index contributed by atoms with van der Waals surface area (Å²) in [4.78, 5) is 27.0. The first-order valence-corrected chi connectivity index (χ1v) is 10.5. The topological polar surface area (TPSA) is 84.7 Å². The summed E-state index contributed by atoms with van der Waals surface area (Å²) in [6, 6.07) is 13.9. The molecule has 0 bridgehead atoms. The summed E-state index contributed by atoms with van der Waals surface area (Å²) < 4.78 is 29.1. The van der Waals surface area contributed by atoms with Gasteiger partial charge in [0.2, 0.25) is 0 Å². The zero-order chi connectivity index (χ0) is 19.9. The van der Waals surface area contributed by atoms with Gasteiger partial charge in [-0.15, -0.1) is 0 Å². The van der Waals surface area contributed by atoms with Gasteiger partial charge >= 0.3 is 5.63 Å². The SMILES string of the molecule is O=C(c1cc2ccccc2oc1=O)N(c1ccc(Cl)cc1)C1C=CS(=O)(=O)C1. The van der Waals surface area contributed by atoms with Crippen molar-refractivity contribution in [3.05, 3.63) is 87.1 Å². The van der Waals surface area contributed by atoms with E-state index in [0.717, 1.165) is 5.41 Å². The molecule has 2 aromatic carbocycles. The van der Waals surface area contributed by atoms with E-state index in [9.17, 15) is 18.0 Å². The number of anilines is 1. The second-order valence-corrected chi connectivity index (χ2v) is 8.73. The first-order valence-electron chi connectivity index (χ1n) is 8.37. The van der Waals surface area contributed by atoms with E-state index in [1.54, 1.807) is 48.5 Å². The number of fused-ring (bicyclic) bond motifs is 1. The van der Waals surface area contributed by atoms with E-state index in [-0.39, 0.29) is 11.3 Å². The van der Waals surface area contributed by atoms with Crippen molar-refractivity contribution in [1.29, 1.82) is 0 Å². The van der Waals surface area contributed by atoms with Crippen molar-refractivity contribution >= 4 is 44.0 Å². The Morgan fingerprint density at radius 3 is 2.50 bits per heavy atom. The third-order valence-corrected chi connectivity index (χ3v) is 6.07. The number of carbonyl (C=O) groups is 1. The molecule has 0 fully saturated rings. The number of amides is 1. The number of hydrogen-bond acceptors (Lipinski definition) is 5. The average molecular weight is 416 g/mol. The van der Waals surface area contributed by atoms with Crippen LogP contribution in [0.25, 0.3) is 11.0 Å². The van der Waals surface area contributed by atoms with Crippen LogP contribution < -0.4 is 10.5 Å². The molecule has 4 rings (SSSR count). The van der Waals surface area contributed by atoms with Crippen LogP contribution in [0.2, 0.25) is 5.02 Å². The molecule has 0 saturated heterocycles. The van der Waals surface area contributed by atoms with Gasteiger partial charge in [0.05, 0.1) is 11.8 Å². The molecule has 0 radical (unpaired) electrons. The number of nitrogens with zero attached hydrogens (tertiary/aromatic N) is 1. The fourth-order valence-electron chi connectivity index (χ4n) is 3.12. The summed E-state index contributed by atoms with van der Waals surface area (Å²) in [5, 5.41) is 2.14. The standard InChI is InChI=1S/C20H14ClNO5S/c21-14-5-7-15(8-6-14)22(16-9-10-28(25,26)12-16)19(23)17-11-13-3-1-2-4-18(13)27-20(17)24/h1-11,16H,12H2. The highest BCUT2D eigenvalue weighted by molar-refractivity contribution is 7.94. The van der Waals surface area contributed by atoms with Gasteiger partial charge < -0.3 is 9.32 Å². The van der Waals surface area contributed by atoms with Crippen molar-refractivity contribution in [2.24, 2.45) is 0 Å². The first-order chi connectivity index (χ1) is 13.3. The van der Waals surface area contributed by atoms with Crippen LogP contribution >= 0.6 is 11.6 Å². The molecule has 1 aromatic heterocycles. The molecule has 142 valence electrons. The van der Waals surface area contributed by atoms with E-state index in [1.807, 2.05) is 0 Å². The second kappa shape index (κ2) is 6.92. The van der Waals surface area contributed by atoms with Gasteiger partial charge in [0.1, 0.15) is 11.1 Å². The zero-order valence-corrected chi connectivity index (χ0v) is 16.0. The predicted octanol–water partition coefficient (Wildman–Crippen LogP) is 3.40. The van der Waals surface area contributed by atoms with Crippen molar-refractivity contribution in [2.75, 3.05) is 10.7 Å². The van der Waals surface area contributed by atoms with E-state index in [1.165, 1.54) is 17.0 Å². The second-order valence-electron chi connectivity index (χ2n) is 6.36.